The zero-order chi connectivity index (χ0) is 14.7. The van der Waals surface area contributed by atoms with Gasteiger partial charge in [0, 0.05) is 11.8 Å². The first-order chi connectivity index (χ1) is 10.3. The van der Waals surface area contributed by atoms with Crippen LogP contribution in [0, 0.1) is 11.3 Å². The van der Waals surface area contributed by atoms with Gasteiger partial charge >= 0.3 is 0 Å². The zero-order valence-corrected chi connectivity index (χ0v) is 11.2. The van der Waals surface area contributed by atoms with Crippen molar-refractivity contribution in [1.82, 2.24) is 4.98 Å². The average molecular weight is 276 g/mol. The lowest BCUT2D eigenvalue weighted by Gasteiger charge is -2.08. The number of aromatic hydroxyl groups is 1. The second-order valence-electron chi connectivity index (χ2n) is 4.60. The number of aromatic nitrogens is 1. The number of nitrogens with zero attached hydrogens (tertiary/aromatic N) is 2. The van der Waals surface area contributed by atoms with Crippen LogP contribution >= 0.6 is 0 Å². The van der Waals surface area contributed by atoms with E-state index < -0.39 is 0 Å². The summed E-state index contributed by atoms with van der Waals surface area (Å²) >= 11 is 0. The predicted molar refractivity (Wildman–Crippen MR) is 78.9 cm³/mol. The van der Waals surface area contributed by atoms with Gasteiger partial charge < -0.3 is 9.84 Å². The minimum atomic E-state index is 0.221. The molecule has 1 aromatic heterocycles. The number of benzene rings is 2. The second kappa shape index (κ2) is 5.51. The Labute approximate surface area is 121 Å². The molecule has 102 valence electrons. The van der Waals surface area contributed by atoms with Gasteiger partial charge in [-0.3, -0.25) is 0 Å². The van der Waals surface area contributed by atoms with E-state index in [1.165, 1.54) is 0 Å². The Kier molecular flexibility index (Phi) is 3.40. The fourth-order valence-electron chi connectivity index (χ4n) is 2.12. The topological polar surface area (TPSA) is 66.1 Å². The van der Waals surface area contributed by atoms with Crippen molar-refractivity contribution in [2.45, 2.75) is 6.61 Å². The molecule has 0 aliphatic carbocycles. The summed E-state index contributed by atoms with van der Waals surface area (Å²) in [6, 6.07) is 16.5. The van der Waals surface area contributed by atoms with E-state index in [4.69, 9.17) is 10.00 Å². The molecular formula is C17H12N2O2. The van der Waals surface area contributed by atoms with Crippen LogP contribution in [0.4, 0.5) is 0 Å². The SMILES string of the molecule is N#Cc1ncccc1COc1ccc2ccc(O)cc2c1. The summed E-state index contributed by atoms with van der Waals surface area (Å²) < 4.78 is 5.71. The van der Waals surface area contributed by atoms with E-state index in [1.54, 1.807) is 24.4 Å². The van der Waals surface area contributed by atoms with E-state index in [-0.39, 0.29) is 12.4 Å². The third kappa shape index (κ3) is 2.77. The number of nitriles is 1. The van der Waals surface area contributed by atoms with Crippen molar-refractivity contribution in [3.8, 4) is 17.6 Å². The number of pyridine rings is 1. The molecule has 3 rings (SSSR count). The van der Waals surface area contributed by atoms with Crippen LogP contribution in [0.3, 0.4) is 0 Å². The summed E-state index contributed by atoms with van der Waals surface area (Å²) in [5.74, 6) is 0.902. The monoisotopic (exact) mass is 276 g/mol. The fourth-order valence-corrected chi connectivity index (χ4v) is 2.12. The number of ether oxygens (including phenoxy) is 1. The molecule has 0 amide bonds. The molecule has 21 heavy (non-hydrogen) atoms. The molecule has 4 nitrogen and oxygen atoms in total. The van der Waals surface area contributed by atoms with Crippen LogP contribution in [0.25, 0.3) is 10.8 Å². The van der Waals surface area contributed by atoms with Crippen molar-refractivity contribution < 1.29 is 9.84 Å². The Morgan fingerprint density at radius 3 is 2.81 bits per heavy atom. The highest BCUT2D eigenvalue weighted by Crippen LogP contribution is 2.25. The van der Waals surface area contributed by atoms with Gasteiger partial charge in [0.25, 0.3) is 0 Å². The number of phenols is 1. The highest BCUT2D eigenvalue weighted by Gasteiger charge is 2.04. The Morgan fingerprint density at radius 1 is 1.10 bits per heavy atom. The molecule has 1 heterocycles. The summed E-state index contributed by atoms with van der Waals surface area (Å²) in [6.07, 6.45) is 1.58. The third-order valence-corrected chi connectivity index (χ3v) is 3.19. The maximum absolute atomic E-state index is 9.51. The van der Waals surface area contributed by atoms with Gasteiger partial charge in [0.15, 0.2) is 0 Å². The number of phenolic OH excluding ortho intramolecular Hbond substituents is 1. The summed E-state index contributed by atoms with van der Waals surface area (Å²) in [6.45, 7) is 0.279. The van der Waals surface area contributed by atoms with Gasteiger partial charge in [0.05, 0.1) is 0 Å². The van der Waals surface area contributed by atoms with Gasteiger partial charge in [-0.2, -0.15) is 5.26 Å². The molecule has 0 unspecified atom stereocenters. The first-order valence-corrected chi connectivity index (χ1v) is 6.46. The molecule has 0 aliphatic heterocycles. The molecule has 4 heteroatoms. The molecule has 1 N–H and O–H groups in total. The van der Waals surface area contributed by atoms with Crippen LogP contribution in [0.15, 0.2) is 54.7 Å². The summed E-state index contributed by atoms with van der Waals surface area (Å²) in [5, 5.41) is 20.4. The van der Waals surface area contributed by atoms with Gasteiger partial charge in [-0.1, -0.05) is 18.2 Å². The largest absolute Gasteiger partial charge is 0.508 e. The number of rotatable bonds is 3. The van der Waals surface area contributed by atoms with Gasteiger partial charge in [-0.25, -0.2) is 4.98 Å². The zero-order valence-electron chi connectivity index (χ0n) is 11.2. The van der Waals surface area contributed by atoms with Crippen molar-refractivity contribution >= 4 is 10.8 Å². The molecule has 2 aromatic carbocycles. The maximum atomic E-state index is 9.51. The second-order valence-corrected chi connectivity index (χ2v) is 4.60. The van der Waals surface area contributed by atoms with Gasteiger partial charge in [0.2, 0.25) is 0 Å². The van der Waals surface area contributed by atoms with E-state index in [1.807, 2.05) is 36.4 Å². The molecule has 0 atom stereocenters. The Bertz CT molecular complexity index is 838. The Hall–Kier alpha value is -3.06. The van der Waals surface area contributed by atoms with Gasteiger partial charge in [-0.15, -0.1) is 0 Å². The van der Waals surface area contributed by atoms with Crippen molar-refractivity contribution in [1.29, 1.82) is 5.26 Å². The molecule has 0 fully saturated rings. The van der Waals surface area contributed by atoms with E-state index in [0.717, 1.165) is 16.3 Å². The van der Waals surface area contributed by atoms with Crippen LogP contribution in [-0.2, 0) is 6.61 Å². The lowest BCUT2D eigenvalue weighted by molar-refractivity contribution is 0.306. The Balaban J connectivity index is 1.84. The lowest BCUT2D eigenvalue weighted by atomic mass is 10.1. The normalized spacial score (nSPS) is 10.2. The van der Waals surface area contributed by atoms with E-state index in [9.17, 15) is 5.11 Å². The minimum absolute atomic E-state index is 0.221. The predicted octanol–water partition coefficient (Wildman–Crippen LogP) is 3.39. The van der Waals surface area contributed by atoms with Crippen LogP contribution in [0.5, 0.6) is 11.5 Å². The number of fused-ring (bicyclic) bond motifs is 1. The van der Waals surface area contributed by atoms with Crippen molar-refractivity contribution in [3.05, 3.63) is 66.0 Å². The average Bonchev–Trinajstić information content (AvgIpc) is 2.52. The Morgan fingerprint density at radius 2 is 1.95 bits per heavy atom. The van der Waals surface area contributed by atoms with Crippen LogP contribution in [-0.4, -0.2) is 10.1 Å². The molecule has 0 spiro atoms. The lowest BCUT2D eigenvalue weighted by Crippen LogP contribution is -1.99. The van der Waals surface area contributed by atoms with Crippen LogP contribution < -0.4 is 4.74 Å². The summed E-state index contributed by atoms with van der Waals surface area (Å²) in [4.78, 5) is 4.00. The van der Waals surface area contributed by atoms with Gasteiger partial charge in [0.1, 0.15) is 29.9 Å². The molecule has 0 saturated heterocycles. The minimum Gasteiger partial charge on any atom is -0.508 e. The molecular weight excluding hydrogens is 264 g/mol. The quantitative estimate of drug-likeness (QED) is 0.796. The van der Waals surface area contributed by atoms with E-state index in [0.29, 0.717) is 11.4 Å². The molecule has 0 bridgehead atoms. The van der Waals surface area contributed by atoms with Crippen LogP contribution in [0.2, 0.25) is 0 Å². The first-order valence-electron chi connectivity index (χ1n) is 6.46. The van der Waals surface area contributed by atoms with Crippen molar-refractivity contribution in [3.63, 3.8) is 0 Å². The maximum Gasteiger partial charge on any atom is 0.147 e. The van der Waals surface area contributed by atoms with Crippen molar-refractivity contribution in [2.75, 3.05) is 0 Å². The highest BCUT2D eigenvalue weighted by molar-refractivity contribution is 5.85. The third-order valence-electron chi connectivity index (χ3n) is 3.19. The molecule has 0 radical (unpaired) electrons. The van der Waals surface area contributed by atoms with E-state index >= 15 is 0 Å². The van der Waals surface area contributed by atoms with Crippen LogP contribution in [0.1, 0.15) is 11.3 Å². The number of hydrogen-bond donors (Lipinski definition) is 1. The highest BCUT2D eigenvalue weighted by atomic mass is 16.5. The fraction of sp³-hybridized carbons (Fsp3) is 0.0588. The van der Waals surface area contributed by atoms with E-state index in [2.05, 4.69) is 4.98 Å². The standard InChI is InChI=1S/C17H12N2O2/c18-10-17-13(2-1-7-19-17)11-21-16-6-4-12-3-5-15(20)8-14(12)9-16/h1-9,20H,11H2. The summed E-state index contributed by atoms with van der Waals surface area (Å²) in [7, 11) is 0. The molecule has 0 saturated carbocycles. The van der Waals surface area contributed by atoms with Crippen molar-refractivity contribution in [2.24, 2.45) is 0 Å². The van der Waals surface area contributed by atoms with Gasteiger partial charge in [-0.05, 0) is 41.1 Å². The summed E-state index contributed by atoms with van der Waals surface area (Å²) in [5.41, 5.74) is 1.12. The smallest absolute Gasteiger partial charge is 0.147 e. The first kappa shape index (κ1) is 12.9. The molecule has 3 aromatic rings. The number of hydrogen-bond acceptors (Lipinski definition) is 4. The molecule has 0 aliphatic rings.